The summed E-state index contributed by atoms with van der Waals surface area (Å²) in [5, 5.41) is 12.0. The Labute approximate surface area is 186 Å². The van der Waals surface area contributed by atoms with Crippen LogP contribution in [0.4, 0.5) is 4.39 Å². The van der Waals surface area contributed by atoms with Crippen molar-refractivity contribution in [2.24, 2.45) is 0 Å². The zero-order valence-electron chi connectivity index (χ0n) is 17.8. The highest BCUT2D eigenvalue weighted by atomic mass is 32.2. The van der Waals surface area contributed by atoms with Crippen LogP contribution in [0, 0.1) is 5.82 Å². The number of carbonyl (C=O) groups is 1. The second-order valence-electron chi connectivity index (χ2n) is 8.08. The normalized spacial score (nSPS) is 15.5. The van der Waals surface area contributed by atoms with Crippen LogP contribution in [0.3, 0.4) is 0 Å². The van der Waals surface area contributed by atoms with Crippen molar-refractivity contribution >= 4 is 17.7 Å². The molecule has 0 aliphatic heterocycles. The van der Waals surface area contributed by atoms with E-state index in [1.54, 1.807) is 18.2 Å². The van der Waals surface area contributed by atoms with Gasteiger partial charge in [0.2, 0.25) is 5.91 Å². The van der Waals surface area contributed by atoms with Crippen molar-refractivity contribution in [3.63, 3.8) is 0 Å². The number of carbonyl (C=O) groups excluding carboxylic acids is 1. The van der Waals surface area contributed by atoms with E-state index in [0.717, 1.165) is 25.7 Å². The van der Waals surface area contributed by atoms with Gasteiger partial charge in [0.1, 0.15) is 5.82 Å². The van der Waals surface area contributed by atoms with E-state index in [1.807, 2.05) is 36.6 Å². The standard InChI is InChI=1S/C24H27FN4OS/c1-16(12-13-18-8-4-3-5-9-18)26-23(30)17(2)31-24-28-27-22(29(24)19-14-15-19)20-10-6-7-11-21(20)25/h3-11,16-17,19H,12-15H2,1-2H3,(H,26,30)/t16-,17+/m1/s1. The second kappa shape index (κ2) is 9.64. The summed E-state index contributed by atoms with van der Waals surface area (Å²) in [5.41, 5.74) is 1.71. The molecule has 1 aliphatic carbocycles. The fraction of sp³-hybridized carbons (Fsp3) is 0.375. The molecule has 0 bridgehead atoms. The molecule has 1 heterocycles. The number of nitrogens with zero attached hydrogens (tertiary/aromatic N) is 3. The fourth-order valence-corrected chi connectivity index (χ4v) is 4.45. The van der Waals surface area contributed by atoms with Crippen LogP contribution in [0.15, 0.2) is 59.8 Å². The molecule has 3 aromatic rings. The Kier molecular flexibility index (Phi) is 6.70. The number of benzene rings is 2. The van der Waals surface area contributed by atoms with Gasteiger partial charge < -0.3 is 5.32 Å². The predicted molar refractivity (Wildman–Crippen MR) is 121 cm³/mol. The average Bonchev–Trinajstić information content (AvgIpc) is 3.53. The SMILES string of the molecule is C[C@H](CCc1ccccc1)NC(=O)[C@H](C)Sc1nnc(-c2ccccc2F)n1C1CC1. The molecule has 162 valence electrons. The summed E-state index contributed by atoms with van der Waals surface area (Å²) in [7, 11) is 0. The Morgan fingerprint density at radius 1 is 1.13 bits per heavy atom. The molecule has 1 amide bonds. The van der Waals surface area contributed by atoms with E-state index >= 15 is 0 Å². The van der Waals surface area contributed by atoms with Gasteiger partial charge in [-0.15, -0.1) is 10.2 Å². The molecule has 0 saturated heterocycles. The number of rotatable bonds is 9. The zero-order valence-corrected chi connectivity index (χ0v) is 18.6. The summed E-state index contributed by atoms with van der Waals surface area (Å²) < 4.78 is 16.3. The van der Waals surface area contributed by atoms with Crippen LogP contribution in [-0.4, -0.2) is 32.0 Å². The zero-order chi connectivity index (χ0) is 21.8. The summed E-state index contributed by atoms with van der Waals surface area (Å²) in [5.74, 6) is 0.196. The van der Waals surface area contributed by atoms with Crippen LogP contribution in [0.25, 0.3) is 11.4 Å². The summed E-state index contributed by atoms with van der Waals surface area (Å²) in [6.45, 7) is 3.90. The van der Waals surface area contributed by atoms with Gasteiger partial charge in [0.05, 0.1) is 10.8 Å². The number of aromatic nitrogens is 3. The van der Waals surface area contributed by atoms with Crippen LogP contribution in [0.1, 0.15) is 44.7 Å². The molecule has 0 spiro atoms. The molecule has 2 aromatic carbocycles. The van der Waals surface area contributed by atoms with Gasteiger partial charge >= 0.3 is 0 Å². The lowest BCUT2D eigenvalue weighted by Crippen LogP contribution is -2.38. The lowest BCUT2D eigenvalue weighted by molar-refractivity contribution is -0.120. The van der Waals surface area contributed by atoms with Crippen LogP contribution in [-0.2, 0) is 11.2 Å². The molecule has 1 fully saturated rings. The minimum atomic E-state index is -0.325. The van der Waals surface area contributed by atoms with Crippen molar-refractivity contribution in [1.29, 1.82) is 0 Å². The van der Waals surface area contributed by atoms with E-state index in [0.29, 0.717) is 16.5 Å². The third-order valence-electron chi connectivity index (χ3n) is 5.44. The number of halogens is 1. The Hall–Kier alpha value is -2.67. The lowest BCUT2D eigenvalue weighted by atomic mass is 10.1. The van der Waals surface area contributed by atoms with Gasteiger partial charge in [0.15, 0.2) is 11.0 Å². The minimum Gasteiger partial charge on any atom is -0.353 e. The highest BCUT2D eigenvalue weighted by molar-refractivity contribution is 8.00. The Balaban J connectivity index is 1.39. The number of nitrogens with one attached hydrogen (secondary N) is 1. The van der Waals surface area contributed by atoms with Crippen molar-refractivity contribution in [3.8, 4) is 11.4 Å². The Morgan fingerprint density at radius 2 is 1.84 bits per heavy atom. The second-order valence-corrected chi connectivity index (χ2v) is 9.39. The van der Waals surface area contributed by atoms with E-state index in [4.69, 9.17) is 0 Å². The fourth-order valence-electron chi connectivity index (χ4n) is 3.52. The highest BCUT2D eigenvalue weighted by Crippen LogP contribution is 2.42. The molecule has 7 heteroatoms. The first-order valence-electron chi connectivity index (χ1n) is 10.7. The van der Waals surface area contributed by atoms with Gasteiger partial charge in [-0.05, 0) is 57.2 Å². The third kappa shape index (κ3) is 5.34. The largest absolute Gasteiger partial charge is 0.353 e. The number of hydrogen-bond acceptors (Lipinski definition) is 4. The summed E-state index contributed by atoms with van der Waals surface area (Å²) >= 11 is 1.38. The molecule has 0 unspecified atom stereocenters. The van der Waals surface area contributed by atoms with E-state index in [2.05, 4.69) is 27.6 Å². The number of aryl methyl sites for hydroxylation is 1. The van der Waals surface area contributed by atoms with Gasteiger partial charge in [0.25, 0.3) is 0 Å². The van der Waals surface area contributed by atoms with Crippen LogP contribution in [0.5, 0.6) is 0 Å². The third-order valence-corrected chi connectivity index (χ3v) is 6.50. The van der Waals surface area contributed by atoms with Crippen molar-refractivity contribution < 1.29 is 9.18 Å². The maximum atomic E-state index is 14.3. The van der Waals surface area contributed by atoms with Gasteiger partial charge in [-0.2, -0.15) is 0 Å². The van der Waals surface area contributed by atoms with Gasteiger partial charge in [-0.25, -0.2) is 4.39 Å². The summed E-state index contributed by atoms with van der Waals surface area (Å²) in [4.78, 5) is 12.7. The first-order chi connectivity index (χ1) is 15.0. The summed E-state index contributed by atoms with van der Waals surface area (Å²) in [6, 6.07) is 17.2. The maximum Gasteiger partial charge on any atom is 0.233 e. The van der Waals surface area contributed by atoms with E-state index < -0.39 is 0 Å². The molecular formula is C24H27FN4OS. The van der Waals surface area contributed by atoms with E-state index in [-0.39, 0.29) is 29.1 Å². The molecule has 2 atom stereocenters. The van der Waals surface area contributed by atoms with Crippen LogP contribution in [0.2, 0.25) is 0 Å². The molecular weight excluding hydrogens is 411 g/mol. The van der Waals surface area contributed by atoms with Crippen molar-refractivity contribution in [3.05, 3.63) is 66.0 Å². The molecule has 0 radical (unpaired) electrons. The molecule has 4 rings (SSSR count). The van der Waals surface area contributed by atoms with Gasteiger partial charge in [-0.1, -0.05) is 54.2 Å². The molecule has 31 heavy (non-hydrogen) atoms. The van der Waals surface area contributed by atoms with Crippen LogP contribution >= 0.6 is 11.8 Å². The molecule has 5 nitrogen and oxygen atoms in total. The molecule has 1 aromatic heterocycles. The number of amides is 1. The number of thioether (sulfide) groups is 1. The molecule has 1 aliphatic rings. The Morgan fingerprint density at radius 3 is 2.55 bits per heavy atom. The van der Waals surface area contributed by atoms with Gasteiger partial charge in [-0.3, -0.25) is 9.36 Å². The molecule has 1 N–H and O–H groups in total. The van der Waals surface area contributed by atoms with Crippen molar-refractivity contribution in [1.82, 2.24) is 20.1 Å². The number of hydrogen-bond donors (Lipinski definition) is 1. The monoisotopic (exact) mass is 438 g/mol. The van der Waals surface area contributed by atoms with Gasteiger partial charge in [0, 0.05) is 12.1 Å². The maximum absolute atomic E-state index is 14.3. The van der Waals surface area contributed by atoms with Crippen molar-refractivity contribution in [2.75, 3.05) is 0 Å². The summed E-state index contributed by atoms with van der Waals surface area (Å²) in [6.07, 6.45) is 3.84. The Bertz CT molecular complexity index is 1040. The average molecular weight is 439 g/mol. The smallest absolute Gasteiger partial charge is 0.233 e. The quantitative estimate of drug-likeness (QED) is 0.476. The first kappa shape index (κ1) is 21.6. The molecule has 1 saturated carbocycles. The topological polar surface area (TPSA) is 59.8 Å². The highest BCUT2D eigenvalue weighted by Gasteiger charge is 2.32. The van der Waals surface area contributed by atoms with E-state index in [9.17, 15) is 9.18 Å². The lowest BCUT2D eigenvalue weighted by Gasteiger charge is -2.17. The van der Waals surface area contributed by atoms with E-state index in [1.165, 1.54) is 23.4 Å². The minimum absolute atomic E-state index is 0.0247. The first-order valence-corrected chi connectivity index (χ1v) is 11.6. The van der Waals surface area contributed by atoms with Crippen molar-refractivity contribution in [2.45, 2.75) is 62.0 Å². The predicted octanol–water partition coefficient (Wildman–Crippen LogP) is 5.04. The van der Waals surface area contributed by atoms with Crippen LogP contribution < -0.4 is 5.32 Å².